The summed E-state index contributed by atoms with van der Waals surface area (Å²) in [7, 11) is 0. The van der Waals surface area contributed by atoms with E-state index in [0.29, 0.717) is 0 Å². The minimum Gasteiger partial charge on any atom is -0.204 e. The van der Waals surface area contributed by atoms with Gasteiger partial charge in [0.25, 0.3) is 0 Å². The van der Waals surface area contributed by atoms with Crippen molar-refractivity contribution in [1.82, 2.24) is 0 Å². The summed E-state index contributed by atoms with van der Waals surface area (Å²) in [6.45, 7) is 3.63. The van der Waals surface area contributed by atoms with Gasteiger partial charge in [-0.3, -0.25) is 0 Å². The fourth-order valence-corrected chi connectivity index (χ4v) is 1.27. The highest BCUT2D eigenvalue weighted by Crippen LogP contribution is 2.24. The van der Waals surface area contributed by atoms with Crippen LogP contribution in [0.5, 0.6) is 0 Å². The zero-order valence-corrected chi connectivity index (χ0v) is 10.6. The summed E-state index contributed by atoms with van der Waals surface area (Å²) in [5, 5.41) is 2.63. The molecule has 0 aromatic heterocycles. The Bertz CT molecular complexity index is 680. The van der Waals surface area contributed by atoms with E-state index < -0.39 is 29.0 Å². The van der Waals surface area contributed by atoms with Gasteiger partial charge in [0.2, 0.25) is 0 Å². The molecule has 0 unspecified atom stereocenters. The summed E-state index contributed by atoms with van der Waals surface area (Å²) in [5.41, 5.74) is 8.10. The number of hydrogen-bond acceptors (Lipinski definition) is 1. The minimum absolute atomic E-state index is 0.271. The zero-order chi connectivity index (χ0) is 15.8. The Morgan fingerprint density at radius 3 is 2.10 bits per heavy atom. The van der Waals surface area contributed by atoms with E-state index in [-0.39, 0.29) is 6.07 Å². The lowest BCUT2D eigenvalue weighted by molar-refractivity contribution is 0.410. The Morgan fingerprint density at radius 1 is 1.00 bits per heavy atom. The lowest BCUT2D eigenvalue weighted by Gasteiger charge is -1.99. The summed E-state index contributed by atoms with van der Waals surface area (Å²) in [4.78, 5) is 2.11. The van der Waals surface area contributed by atoms with E-state index in [0.717, 1.165) is 0 Å². The average molecular weight is 295 g/mol. The average Bonchev–Trinajstić information content (AvgIpc) is 2.52. The maximum atomic E-state index is 12.6. The molecule has 0 N–H and O–H groups in total. The van der Waals surface area contributed by atoms with Gasteiger partial charge in [0.05, 0.1) is 5.69 Å². The molecule has 0 atom stereocenters. The van der Waals surface area contributed by atoms with Crippen molar-refractivity contribution in [1.29, 1.82) is 0 Å². The predicted octanol–water partition coefficient (Wildman–Crippen LogP) is 5.51. The highest BCUT2D eigenvalue weighted by Gasteiger charge is 2.17. The molecule has 21 heavy (non-hydrogen) atoms. The lowest BCUT2D eigenvalue weighted by Crippen LogP contribution is -1.94. The summed E-state index contributed by atoms with van der Waals surface area (Å²) >= 11 is 0. The number of benzene rings is 2. The van der Waals surface area contributed by atoms with Crippen LogP contribution in [-0.4, -0.2) is 0 Å². The first-order valence-corrected chi connectivity index (χ1v) is 5.56. The Balaban J connectivity index is 0.000000235. The van der Waals surface area contributed by atoms with Gasteiger partial charge in [-0.2, -0.15) is 0 Å². The van der Waals surface area contributed by atoms with Gasteiger partial charge in [0.1, 0.15) is 0 Å². The zero-order valence-electron chi connectivity index (χ0n) is 10.6. The molecular formula is C14H9F4N3. The van der Waals surface area contributed by atoms with Crippen LogP contribution in [-0.2, 0) is 0 Å². The molecular weight excluding hydrogens is 286 g/mol. The minimum atomic E-state index is -2.00. The van der Waals surface area contributed by atoms with E-state index in [9.17, 15) is 17.6 Å². The van der Waals surface area contributed by atoms with Crippen molar-refractivity contribution in [3.8, 4) is 0 Å². The third-order valence-electron chi connectivity index (χ3n) is 2.27. The Morgan fingerprint density at radius 2 is 1.62 bits per heavy atom. The highest BCUT2D eigenvalue weighted by molar-refractivity contribution is 5.45. The van der Waals surface area contributed by atoms with Crippen LogP contribution in [0.3, 0.4) is 0 Å². The first-order chi connectivity index (χ1) is 10.0. The molecule has 0 fully saturated rings. The van der Waals surface area contributed by atoms with Crippen molar-refractivity contribution >= 4 is 11.8 Å². The Kier molecular flexibility index (Phi) is 5.98. The first kappa shape index (κ1) is 16.3. The van der Waals surface area contributed by atoms with Crippen molar-refractivity contribution in [2.24, 2.45) is 5.11 Å². The van der Waals surface area contributed by atoms with Crippen molar-refractivity contribution in [3.05, 3.63) is 82.3 Å². The number of rotatable bonds is 2. The normalized spacial score (nSPS) is 9.14. The fourth-order valence-electron chi connectivity index (χ4n) is 1.27. The molecule has 0 saturated carbocycles. The molecule has 0 aliphatic rings. The number of azide groups is 1. The lowest BCUT2D eigenvalue weighted by atomic mass is 10.2. The summed E-state index contributed by atoms with van der Waals surface area (Å²) in [5.74, 6) is -7.25. The first-order valence-electron chi connectivity index (χ1n) is 5.56. The van der Waals surface area contributed by atoms with Crippen LogP contribution in [0, 0.1) is 23.3 Å². The standard InChI is InChI=1S/C8H8.C6HF4N3/c1-2-8-6-4-3-5-7-8;7-2-1-3(12-13-11)5(9)6(10)4(2)8/h2-7H,1H2;1H. The summed E-state index contributed by atoms with van der Waals surface area (Å²) in [6, 6.07) is 10.3. The molecule has 2 rings (SSSR count). The van der Waals surface area contributed by atoms with E-state index in [2.05, 4.69) is 16.6 Å². The van der Waals surface area contributed by atoms with E-state index >= 15 is 0 Å². The Hall–Kier alpha value is -2.79. The monoisotopic (exact) mass is 295 g/mol. The largest absolute Gasteiger partial charge is 0.204 e. The van der Waals surface area contributed by atoms with E-state index in [4.69, 9.17) is 5.53 Å². The van der Waals surface area contributed by atoms with E-state index in [1.54, 1.807) is 0 Å². The molecule has 0 spiro atoms. The number of nitrogens with zero attached hydrogens (tertiary/aromatic N) is 3. The molecule has 3 nitrogen and oxygen atoms in total. The summed E-state index contributed by atoms with van der Waals surface area (Å²) < 4.78 is 49.7. The maximum Gasteiger partial charge on any atom is 0.197 e. The molecule has 2 aromatic rings. The van der Waals surface area contributed by atoms with Gasteiger partial charge in [-0.15, -0.1) is 0 Å². The maximum absolute atomic E-state index is 12.6. The van der Waals surface area contributed by atoms with Crippen molar-refractivity contribution < 1.29 is 17.6 Å². The van der Waals surface area contributed by atoms with Crippen LogP contribution >= 0.6 is 0 Å². The van der Waals surface area contributed by atoms with Crippen LogP contribution < -0.4 is 0 Å². The smallest absolute Gasteiger partial charge is 0.197 e. The number of halogens is 4. The summed E-state index contributed by atoms with van der Waals surface area (Å²) in [6.07, 6.45) is 1.83. The van der Waals surface area contributed by atoms with E-state index in [1.165, 1.54) is 5.56 Å². The second-order valence-corrected chi connectivity index (χ2v) is 3.62. The molecule has 0 bridgehead atoms. The van der Waals surface area contributed by atoms with Gasteiger partial charge in [-0.05, 0) is 17.2 Å². The molecule has 7 heteroatoms. The van der Waals surface area contributed by atoms with Crippen molar-refractivity contribution in [2.45, 2.75) is 0 Å². The van der Waals surface area contributed by atoms with Gasteiger partial charge >= 0.3 is 0 Å². The number of hydrogen-bond donors (Lipinski definition) is 0. The van der Waals surface area contributed by atoms with Crippen LogP contribution in [0.4, 0.5) is 23.2 Å². The molecule has 0 radical (unpaired) electrons. The van der Waals surface area contributed by atoms with Gasteiger partial charge in [0, 0.05) is 4.91 Å². The Labute approximate surface area is 117 Å². The van der Waals surface area contributed by atoms with Crippen LogP contribution in [0.15, 0.2) is 48.1 Å². The SMILES string of the molecule is C=Cc1ccccc1.[N-]=[N+]=Nc1cc(F)c(F)c(F)c1F. The molecule has 0 saturated heterocycles. The topological polar surface area (TPSA) is 48.8 Å². The van der Waals surface area contributed by atoms with Crippen LogP contribution in [0.25, 0.3) is 16.5 Å². The van der Waals surface area contributed by atoms with Gasteiger partial charge < -0.3 is 0 Å². The fraction of sp³-hybridized carbons (Fsp3) is 0. The second kappa shape index (κ2) is 7.72. The molecule has 0 heterocycles. The van der Waals surface area contributed by atoms with E-state index in [1.807, 2.05) is 36.4 Å². The second-order valence-electron chi connectivity index (χ2n) is 3.62. The molecule has 0 aliphatic heterocycles. The van der Waals surface area contributed by atoms with Gasteiger partial charge in [-0.25, -0.2) is 17.6 Å². The highest BCUT2D eigenvalue weighted by atomic mass is 19.2. The quantitative estimate of drug-likeness (QED) is 0.175. The van der Waals surface area contributed by atoms with Crippen molar-refractivity contribution in [3.63, 3.8) is 0 Å². The molecule has 2 aromatic carbocycles. The van der Waals surface area contributed by atoms with Crippen LogP contribution in [0.1, 0.15) is 5.56 Å². The van der Waals surface area contributed by atoms with Gasteiger partial charge in [-0.1, -0.05) is 48.1 Å². The third-order valence-corrected chi connectivity index (χ3v) is 2.27. The van der Waals surface area contributed by atoms with Crippen molar-refractivity contribution in [2.75, 3.05) is 0 Å². The molecule has 0 amide bonds. The van der Waals surface area contributed by atoms with Gasteiger partial charge in [0.15, 0.2) is 23.3 Å². The molecule has 0 aliphatic carbocycles. The van der Waals surface area contributed by atoms with Crippen LogP contribution in [0.2, 0.25) is 0 Å². The molecule has 108 valence electrons. The predicted molar refractivity (Wildman–Crippen MR) is 71.6 cm³/mol. The third kappa shape index (κ3) is 4.36.